The predicted octanol–water partition coefficient (Wildman–Crippen LogP) is 0.374. The number of hydrogen-bond donors (Lipinski definition) is 0. The van der Waals surface area contributed by atoms with Gasteiger partial charge in [-0.05, 0) is 29.5 Å². The van der Waals surface area contributed by atoms with Gasteiger partial charge in [0.25, 0.3) is 5.16 Å². The fraction of sp³-hybridized carbons (Fsp3) is 0.222. The molecule has 0 fully saturated rings. The molecule has 2 rings (SSSR count). The molecule has 84 valence electrons. The Bertz CT molecular complexity index is 601. The van der Waals surface area contributed by atoms with Crippen molar-refractivity contribution in [3.8, 4) is 5.69 Å². The monoisotopic (exact) mass is 238 g/mol. The van der Waals surface area contributed by atoms with E-state index in [1.807, 2.05) is 19.1 Å². The lowest BCUT2D eigenvalue weighted by atomic mass is 10.2. The van der Waals surface area contributed by atoms with Gasteiger partial charge in [-0.15, -0.1) is 0 Å². The topological polar surface area (TPSA) is 77.7 Å². The number of sulfone groups is 1. The van der Waals surface area contributed by atoms with E-state index in [9.17, 15) is 8.42 Å². The maximum Gasteiger partial charge on any atom is 0.272 e. The lowest BCUT2D eigenvalue weighted by Crippen LogP contribution is -2.08. The van der Waals surface area contributed by atoms with E-state index in [4.69, 9.17) is 0 Å². The second kappa shape index (κ2) is 3.67. The molecule has 0 N–H and O–H groups in total. The van der Waals surface area contributed by atoms with Gasteiger partial charge >= 0.3 is 0 Å². The third-order valence-corrected chi connectivity index (χ3v) is 2.97. The third kappa shape index (κ3) is 1.94. The van der Waals surface area contributed by atoms with Gasteiger partial charge in [-0.3, -0.25) is 0 Å². The summed E-state index contributed by atoms with van der Waals surface area (Å²) in [6, 6.07) is 7.26. The number of nitrogens with zero attached hydrogens (tertiary/aromatic N) is 4. The first-order valence-electron chi connectivity index (χ1n) is 4.54. The first-order valence-corrected chi connectivity index (χ1v) is 6.43. The van der Waals surface area contributed by atoms with Crippen molar-refractivity contribution in [2.75, 3.05) is 6.26 Å². The quantitative estimate of drug-likeness (QED) is 0.755. The van der Waals surface area contributed by atoms with Crippen molar-refractivity contribution in [3.05, 3.63) is 29.8 Å². The lowest BCUT2D eigenvalue weighted by Gasteiger charge is -2.02. The molecule has 1 aromatic heterocycles. The molecule has 1 aromatic carbocycles. The number of hydrogen-bond acceptors (Lipinski definition) is 5. The Morgan fingerprint density at radius 2 is 1.81 bits per heavy atom. The van der Waals surface area contributed by atoms with E-state index in [2.05, 4.69) is 15.5 Å². The van der Waals surface area contributed by atoms with Crippen LogP contribution >= 0.6 is 0 Å². The second-order valence-electron chi connectivity index (χ2n) is 3.48. The minimum atomic E-state index is -3.42. The molecular weight excluding hydrogens is 228 g/mol. The number of rotatable bonds is 2. The largest absolute Gasteiger partial charge is 0.272 e. The van der Waals surface area contributed by atoms with Crippen molar-refractivity contribution >= 4 is 9.84 Å². The summed E-state index contributed by atoms with van der Waals surface area (Å²) in [4.78, 5) is 0. The molecule has 0 atom stereocenters. The normalized spacial score (nSPS) is 11.6. The molecule has 7 heteroatoms. The Morgan fingerprint density at radius 1 is 1.19 bits per heavy atom. The van der Waals surface area contributed by atoms with E-state index in [0.717, 1.165) is 11.8 Å². The van der Waals surface area contributed by atoms with Crippen molar-refractivity contribution in [2.24, 2.45) is 0 Å². The highest BCUT2D eigenvalue weighted by atomic mass is 32.2. The Kier molecular flexibility index (Phi) is 2.47. The van der Waals surface area contributed by atoms with Gasteiger partial charge in [0.1, 0.15) is 0 Å². The van der Waals surface area contributed by atoms with Gasteiger partial charge < -0.3 is 0 Å². The van der Waals surface area contributed by atoms with E-state index in [-0.39, 0.29) is 5.16 Å². The highest BCUT2D eigenvalue weighted by Gasteiger charge is 2.18. The average Bonchev–Trinajstić information content (AvgIpc) is 2.66. The molecule has 0 aliphatic rings. The van der Waals surface area contributed by atoms with Crippen LogP contribution in [0.5, 0.6) is 0 Å². The molecule has 0 saturated heterocycles. The van der Waals surface area contributed by atoms with E-state index in [1.54, 1.807) is 12.1 Å². The number of aromatic nitrogens is 4. The lowest BCUT2D eigenvalue weighted by molar-refractivity contribution is 0.586. The molecule has 2 aromatic rings. The van der Waals surface area contributed by atoms with Crippen molar-refractivity contribution < 1.29 is 8.42 Å². The Morgan fingerprint density at radius 3 is 2.38 bits per heavy atom. The van der Waals surface area contributed by atoms with Gasteiger partial charge in [-0.2, -0.15) is 4.68 Å². The van der Waals surface area contributed by atoms with Crippen molar-refractivity contribution in [2.45, 2.75) is 12.1 Å². The van der Waals surface area contributed by atoms with Crippen LogP contribution in [0.25, 0.3) is 5.69 Å². The maximum atomic E-state index is 11.4. The van der Waals surface area contributed by atoms with Gasteiger partial charge in [0.05, 0.1) is 5.69 Å². The van der Waals surface area contributed by atoms with E-state index in [1.165, 1.54) is 4.68 Å². The SMILES string of the molecule is Cc1ccc(-n2nnnc2S(C)(=O)=O)cc1. The fourth-order valence-electron chi connectivity index (χ4n) is 1.26. The smallest absolute Gasteiger partial charge is 0.221 e. The predicted molar refractivity (Wildman–Crippen MR) is 57.0 cm³/mol. The third-order valence-electron chi connectivity index (χ3n) is 2.05. The van der Waals surface area contributed by atoms with E-state index >= 15 is 0 Å². The molecule has 0 radical (unpaired) electrons. The van der Waals surface area contributed by atoms with Crippen LogP contribution < -0.4 is 0 Å². The molecule has 16 heavy (non-hydrogen) atoms. The van der Waals surface area contributed by atoms with E-state index < -0.39 is 9.84 Å². The summed E-state index contributed by atoms with van der Waals surface area (Å²) in [5.41, 5.74) is 1.70. The Labute approximate surface area is 92.8 Å². The minimum Gasteiger partial charge on any atom is -0.221 e. The van der Waals surface area contributed by atoms with E-state index in [0.29, 0.717) is 5.69 Å². The molecular formula is C9H10N4O2S. The summed E-state index contributed by atoms with van der Waals surface area (Å²) in [5, 5.41) is 10.4. The standard InChI is InChI=1S/C9H10N4O2S/c1-7-3-5-8(6-4-7)13-9(10-11-12-13)16(2,14)15/h3-6H,1-2H3. The molecule has 0 aliphatic carbocycles. The second-order valence-corrected chi connectivity index (χ2v) is 5.39. The first kappa shape index (κ1) is 10.7. The van der Waals surface area contributed by atoms with Gasteiger partial charge in [-0.25, -0.2) is 8.42 Å². The maximum absolute atomic E-state index is 11.4. The van der Waals surface area contributed by atoms with Gasteiger partial charge in [0.15, 0.2) is 0 Å². The number of tetrazole rings is 1. The summed E-state index contributed by atoms with van der Waals surface area (Å²) in [6.45, 7) is 1.95. The van der Waals surface area contributed by atoms with Crippen LogP contribution in [0.1, 0.15) is 5.56 Å². The molecule has 0 amide bonds. The van der Waals surface area contributed by atoms with Gasteiger partial charge in [-0.1, -0.05) is 22.8 Å². The Balaban J connectivity index is 2.58. The van der Waals surface area contributed by atoms with Crippen LogP contribution in [0.3, 0.4) is 0 Å². The summed E-state index contributed by atoms with van der Waals surface area (Å²) >= 11 is 0. The Hall–Kier alpha value is -1.76. The summed E-state index contributed by atoms with van der Waals surface area (Å²) < 4.78 is 24.0. The molecule has 0 aliphatic heterocycles. The van der Waals surface area contributed by atoms with Crippen LogP contribution in [0.15, 0.2) is 29.4 Å². The molecule has 0 spiro atoms. The van der Waals surface area contributed by atoms with Crippen molar-refractivity contribution in [3.63, 3.8) is 0 Å². The number of aryl methyl sites for hydroxylation is 1. The molecule has 6 nitrogen and oxygen atoms in total. The zero-order valence-corrected chi connectivity index (χ0v) is 9.64. The minimum absolute atomic E-state index is 0.156. The first-order chi connectivity index (χ1) is 7.48. The van der Waals surface area contributed by atoms with Crippen LogP contribution in [-0.2, 0) is 9.84 Å². The summed E-state index contributed by atoms with van der Waals surface area (Å²) in [7, 11) is -3.42. The highest BCUT2D eigenvalue weighted by Crippen LogP contribution is 2.12. The van der Waals surface area contributed by atoms with Gasteiger partial charge in [0, 0.05) is 6.26 Å². The number of benzene rings is 1. The van der Waals surface area contributed by atoms with Crippen molar-refractivity contribution in [1.82, 2.24) is 20.2 Å². The zero-order valence-electron chi connectivity index (χ0n) is 8.82. The zero-order chi connectivity index (χ0) is 11.8. The molecule has 0 unspecified atom stereocenters. The van der Waals surface area contributed by atoms with Crippen molar-refractivity contribution in [1.29, 1.82) is 0 Å². The van der Waals surface area contributed by atoms with Crippen LogP contribution in [0, 0.1) is 6.92 Å². The van der Waals surface area contributed by atoms with Crippen LogP contribution in [0.2, 0.25) is 0 Å². The highest BCUT2D eigenvalue weighted by molar-refractivity contribution is 7.90. The molecule has 1 heterocycles. The average molecular weight is 238 g/mol. The van der Waals surface area contributed by atoms with Gasteiger partial charge in [0.2, 0.25) is 9.84 Å². The van der Waals surface area contributed by atoms with Crippen LogP contribution in [-0.4, -0.2) is 34.9 Å². The molecule has 0 saturated carbocycles. The van der Waals surface area contributed by atoms with Crippen LogP contribution in [0.4, 0.5) is 0 Å². The fourth-order valence-corrected chi connectivity index (χ4v) is 1.90. The summed E-state index contributed by atoms with van der Waals surface area (Å²) in [6.07, 6.45) is 1.07. The molecule has 0 bridgehead atoms. The summed E-state index contributed by atoms with van der Waals surface area (Å²) in [5.74, 6) is 0.